The van der Waals surface area contributed by atoms with Crippen LogP contribution >= 0.6 is 0 Å². The minimum atomic E-state index is -1.28. The van der Waals surface area contributed by atoms with E-state index in [1.807, 2.05) is 0 Å². The van der Waals surface area contributed by atoms with E-state index >= 15 is 0 Å². The molecule has 3 rings (SSSR count). The molecule has 0 aliphatic carbocycles. The Kier molecular flexibility index (Phi) is 7.14. The molecular weight excluding hydrogens is 418 g/mol. The quantitative estimate of drug-likeness (QED) is 0.337. The first-order chi connectivity index (χ1) is 15.3. The summed E-state index contributed by atoms with van der Waals surface area (Å²) in [7, 11) is 0. The molecule has 0 spiro atoms. The summed E-state index contributed by atoms with van der Waals surface area (Å²) in [5.74, 6) is -0.612. The molecular formula is C23H19NO8. The van der Waals surface area contributed by atoms with Crippen LogP contribution in [0, 0.1) is 0 Å². The predicted octanol–water partition coefficient (Wildman–Crippen LogP) is 3.22. The standard InChI is InChI=1S/C23H19NO8/c1-14(25)29-18-7-3-16(4-8-18)22(27)31-20-11-12-21(24-13-20)32-23(28)17-5-9-19(10-6-17)30-15(2)26/h3-13,22,27H,1-2H3. The molecule has 164 valence electrons. The van der Waals surface area contributed by atoms with E-state index in [-0.39, 0.29) is 17.2 Å². The Morgan fingerprint density at radius 2 is 1.28 bits per heavy atom. The number of aromatic nitrogens is 1. The molecule has 0 amide bonds. The second-order valence-electron chi connectivity index (χ2n) is 6.47. The van der Waals surface area contributed by atoms with Crippen LogP contribution in [-0.4, -0.2) is 28.0 Å². The predicted molar refractivity (Wildman–Crippen MR) is 110 cm³/mol. The topological polar surface area (TPSA) is 121 Å². The van der Waals surface area contributed by atoms with Crippen LogP contribution in [0.25, 0.3) is 0 Å². The summed E-state index contributed by atoms with van der Waals surface area (Å²) in [6.45, 7) is 2.57. The van der Waals surface area contributed by atoms with Gasteiger partial charge < -0.3 is 24.1 Å². The van der Waals surface area contributed by atoms with Gasteiger partial charge in [-0.3, -0.25) is 9.59 Å². The van der Waals surface area contributed by atoms with Gasteiger partial charge in [-0.2, -0.15) is 0 Å². The highest BCUT2D eigenvalue weighted by Gasteiger charge is 2.13. The largest absolute Gasteiger partial charge is 0.459 e. The number of carbonyl (C=O) groups excluding carboxylic acids is 3. The van der Waals surface area contributed by atoms with Gasteiger partial charge in [0.1, 0.15) is 17.2 Å². The lowest BCUT2D eigenvalue weighted by molar-refractivity contribution is -0.132. The third kappa shape index (κ3) is 6.38. The van der Waals surface area contributed by atoms with Crippen LogP contribution in [0.2, 0.25) is 0 Å². The molecule has 0 bridgehead atoms. The van der Waals surface area contributed by atoms with Gasteiger partial charge in [0.25, 0.3) is 0 Å². The Labute approximate surface area is 183 Å². The number of benzene rings is 2. The van der Waals surface area contributed by atoms with Crippen LogP contribution < -0.4 is 18.9 Å². The van der Waals surface area contributed by atoms with Crippen molar-refractivity contribution >= 4 is 17.9 Å². The van der Waals surface area contributed by atoms with Gasteiger partial charge in [0.05, 0.1) is 11.8 Å². The van der Waals surface area contributed by atoms with Crippen molar-refractivity contribution in [2.24, 2.45) is 0 Å². The number of aliphatic hydroxyl groups excluding tert-OH is 1. The smallest absolute Gasteiger partial charge is 0.344 e. The van der Waals surface area contributed by atoms with E-state index in [1.54, 1.807) is 12.1 Å². The second kappa shape index (κ2) is 10.2. The molecule has 0 aliphatic heterocycles. The van der Waals surface area contributed by atoms with Crippen LogP contribution in [0.15, 0.2) is 66.9 Å². The summed E-state index contributed by atoms with van der Waals surface area (Å²) in [5.41, 5.74) is 0.684. The van der Waals surface area contributed by atoms with E-state index < -0.39 is 24.2 Å². The number of carbonyl (C=O) groups is 3. The summed E-state index contributed by atoms with van der Waals surface area (Å²) < 4.78 is 20.4. The van der Waals surface area contributed by atoms with Gasteiger partial charge in [0, 0.05) is 25.5 Å². The molecule has 1 aromatic heterocycles. The molecule has 0 saturated carbocycles. The normalized spacial score (nSPS) is 11.2. The molecule has 1 atom stereocenters. The zero-order valence-corrected chi connectivity index (χ0v) is 17.2. The molecule has 3 aromatic rings. The highest BCUT2D eigenvalue weighted by atomic mass is 16.6. The molecule has 32 heavy (non-hydrogen) atoms. The third-order valence-electron chi connectivity index (χ3n) is 3.93. The molecule has 0 fully saturated rings. The van der Waals surface area contributed by atoms with Crippen LogP contribution in [0.4, 0.5) is 0 Å². The average molecular weight is 437 g/mol. The first-order valence-electron chi connectivity index (χ1n) is 9.40. The summed E-state index contributed by atoms with van der Waals surface area (Å²) in [6, 6.07) is 14.9. The maximum Gasteiger partial charge on any atom is 0.344 e. The highest BCUT2D eigenvalue weighted by molar-refractivity contribution is 5.91. The van der Waals surface area contributed by atoms with E-state index in [4.69, 9.17) is 18.9 Å². The number of esters is 3. The number of ether oxygens (including phenoxy) is 4. The van der Waals surface area contributed by atoms with Gasteiger partial charge in [0.15, 0.2) is 0 Å². The summed E-state index contributed by atoms with van der Waals surface area (Å²) in [4.78, 5) is 38.1. The van der Waals surface area contributed by atoms with Crippen molar-refractivity contribution in [2.45, 2.75) is 20.1 Å². The summed E-state index contributed by atoms with van der Waals surface area (Å²) in [6.07, 6.45) is 0.00961. The lowest BCUT2D eigenvalue weighted by Crippen LogP contribution is -2.10. The van der Waals surface area contributed by atoms with Crippen LogP contribution in [-0.2, 0) is 9.59 Å². The Balaban J connectivity index is 1.56. The number of rotatable bonds is 7. The maximum absolute atomic E-state index is 12.2. The lowest BCUT2D eigenvalue weighted by atomic mass is 10.2. The number of hydrogen-bond acceptors (Lipinski definition) is 9. The summed E-state index contributed by atoms with van der Waals surface area (Å²) >= 11 is 0. The molecule has 9 heteroatoms. The van der Waals surface area contributed by atoms with Gasteiger partial charge in [-0.25, -0.2) is 9.78 Å². The molecule has 9 nitrogen and oxygen atoms in total. The van der Waals surface area contributed by atoms with E-state index in [0.717, 1.165) is 0 Å². The fraction of sp³-hybridized carbons (Fsp3) is 0.130. The van der Waals surface area contributed by atoms with Gasteiger partial charge in [0.2, 0.25) is 12.2 Å². The van der Waals surface area contributed by atoms with Crippen molar-refractivity contribution in [2.75, 3.05) is 0 Å². The van der Waals surface area contributed by atoms with E-state index in [1.165, 1.54) is 68.6 Å². The SMILES string of the molecule is CC(=O)Oc1ccc(C(=O)Oc2ccc(OC(O)c3ccc(OC(C)=O)cc3)cn2)cc1. The molecule has 0 saturated heterocycles. The average Bonchev–Trinajstić information content (AvgIpc) is 2.75. The Morgan fingerprint density at radius 1 is 0.750 bits per heavy atom. The summed E-state index contributed by atoms with van der Waals surface area (Å²) in [5, 5.41) is 10.2. The van der Waals surface area contributed by atoms with E-state index in [9.17, 15) is 19.5 Å². The van der Waals surface area contributed by atoms with Gasteiger partial charge in [-0.15, -0.1) is 0 Å². The molecule has 2 aromatic carbocycles. The van der Waals surface area contributed by atoms with Crippen molar-refractivity contribution < 1.29 is 38.4 Å². The lowest BCUT2D eigenvalue weighted by Gasteiger charge is -2.14. The zero-order chi connectivity index (χ0) is 23.1. The van der Waals surface area contributed by atoms with Crippen molar-refractivity contribution in [1.29, 1.82) is 0 Å². The highest BCUT2D eigenvalue weighted by Crippen LogP contribution is 2.23. The van der Waals surface area contributed by atoms with Crippen molar-refractivity contribution in [3.63, 3.8) is 0 Å². The molecule has 0 aliphatic rings. The Bertz CT molecular complexity index is 1090. The molecule has 0 radical (unpaired) electrons. The molecule has 1 heterocycles. The van der Waals surface area contributed by atoms with Crippen molar-refractivity contribution in [3.05, 3.63) is 78.0 Å². The molecule has 1 N–H and O–H groups in total. The number of nitrogens with zero attached hydrogens (tertiary/aromatic N) is 1. The number of hydrogen-bond donors (Lipinski definition) is 1. The van der Waals surface area contributed by atoms with Crippen LogP contribution in [0.1, 0.15) is 36.1 Å². The van der Waals surface area contributed by atoms with Gasteiger partial charge >= 0.3 is 17.9 Å². The van der Waals surface area contributed by atoms with E-state index in [2.05, 4.69) is 4.98 Å². The maximum atomic E-state index is 12.2. The van der Waals surface area contributed by atoms with E-state index in [0.29, 0.717) is 17.1 Å². The van der Waals surface area contributed by atoms with Gasteiger partial charge in [-0.05, 0) is 54.6 Å². The minimum absolute atomic E-state index is 0.0339. The number of pyridine rings is 1. The zero-order valence-electron chi connectivity index (χ0n) is 17.2. The van der Waals surface area contributed by atoms with Crippen LogP contribution in [0.3, 0.4) is 0 Å². The monoisotopic (exact) mass is 437 g/mol. The third-order valence-corrected chi connectivity index (χ3v) is 3.93. The van der Waals surface area contributed by atoms with Crippen molar-refractivity contribution in [1.82, 2.24) is 4.98 Å². The minimum Gasteiger partial charge on any atom is -0.459 e. The fourth-order valence-corrected chi connectivity index (χ4v) is 2.54. The molecule has 1 unspecified atom stereocenters. The number of aliphatic hydroxyl groups is 1. The first-order valence-corrected chi connectivity index (χ1v) is 9.40. The first kappa shape index (κ1) is 22.4. The van der Waals surface area contributed by atoms with Crippen LogP contribution in [0.5, 0.6) is 23.1 Å². The van der Waals surface area contributed by atoms with Crippen molar-refractivity contribution in [3.8, 4) is 23.1 Å². The Morgan fingerprint density at radius 3 is 1.78 bits per heavy atom. The fourth-order valence-electron chi connectivity index (χ4n) is 2.54. The Hall–Kier alpha value is -4.24. The van der Waals surface area contributed by atoms with Gasteiger partial charge in [-0.1, -0.05) is 0 Å². The second-order valence-corrected chi connectivity index (χ2v) is 6.47.